The molecule has 0 spiro atoms. The number of sulfonamides is 1. The van der Waals surface area contributed by atoms with Crippen LogP contribution in [0, 0.1) is 5.92 Å². The second-order valence-electron chi connectivity index (χ2n) is 7.79. The lowest BCUT2D eigenvalue weighted by Gasteiger charge is -2.30. The van der Waals surface area contributed by atoms with E-state index >= 15 is 0 Å². The largest absolute Gasteiger partial charge is 0.490 e. The Morgan fingerprint density at radius 2 is 1.61 bits per heavy atom. The Kier molecular flexibility index (Phi) is 7.06. The topological polar surface area (TPSA) is 114 Å². The van der Waals surface area contributed by atoms with Crippen LogP contribution in [0.5, 0.6) is 11.5 Å². The maximum Gasteiger partial charge on any atom is 0.269 e. The molecule has 2 aromatic carbocycles. The van der Waals surface area contributed by atoms with Gasteiger partial charge in [-0.3, -0.25) is 20.4 Å². The molecule has 0 bridgehead atoms. The van der Waals surface area contributed by atoms with Crippen LogP contribution < -0.4 is 20.3 Å². The summed E-state index contributed by atoms with van der Waals surface area (Å²) in [7, 11) is -3.74. The minimum absolute atomic E-state index is 0.130. The number of nitrogens with zero attached hydrogens (tertiary/aromatic N) is 1. The third kappa shape index (κ3) is 5.40. The predicted molar refractivity (Wildman–Crippen MR) is 121 cm³/mol. The molecule has 2 heterocycles. The Balaban J connectivity index is 1.32. The van der Waals surface area contributed by atoms with Crippen LogP contribution in [0.3, 0.4) is 0 Å². The number of benzene rings is 2. The molecule has 0 radical (unpaired) electrons. The Labute approximate surface area is 197 Å². The van der Waals surface area contributed by atoms with Crippen molar-refractivity contribution in [3.8, 4) is 11.5 Å². The number of hydrogen-bond donors (Lipinski definition) is 2. The van der Waals surface area contributed by atoms with Gasteiger partial charge in [0.05, 0.1) is 18.1 Å². The van der Waals surface area contributed by atoms with Gasteiger partial charge in [-0.15, -0.1) is 0 Å². The number of halogens is 1. The third-order valence-electron chi connectivity index (χ3n) is 5.59. The molecule has 11 heteroatoms. The number of rotatable bonds is 4. The monoisotopic (exact) mass is 493 g/mol. The second-order valence-corrected chi connectivity index (χ2v) is 10.2. The fourth-order valence-corrected chi connectivity index (χ4v) is 5.32. The van der Waals surface area contributed by atoms with Crippen LogP contribution in [0.2, 0.25) is 5.02 Å². The van der Waals surface area contributed by atoms with Crippen molar-refractivity contribution in [3.05, 3.63) is 53.1 Å². The molecule has 2 aromatic rings. The van der Waals surface area contributed by atoms with Crippen LogP contribution in [-0.2, 0) is 14.8 Å². The van der Waals surface area contributed by atoms with Crippen molar-refractivity contribution >= 4 is 33.4 Å². The first-order chi connectivity index (χ1) is 15.8. The zero-order chi connectivity index (χ0) is 23.4. The van der Waals surface area contributed by atoms with Crippen molar-refractivity contribution in [1.82, 2.24) is 15.2 Å². The molecular weight excluding hydrogens is 470 g/mol. The molecule has 4 rings (SSSR count). The summed E-state index contributed by atoms with van der Waals surface area (Å²) < 4.78 is 38.7. The lowest BCUT2D eigenvalue weighted by molar-refractivity contribution is -0.126. The van der Waals surface area contributed by atoms with Crippen LogP contribution in [0.15, 0.2) is 47.4 Å². The second kappa shape index (κ2) is 9.98. The van der Waals surface area contributed by atoms with Crippen molar-refractivity contribution in [2.45, 2.75) is 24.2 Å². The van der Waals surface area contributed by atoms with Gasteiger partial charge in [-0.05, 0) is 49.2 Å². The molecule has 2 amide bonds. The number of piperidine rings is 1. The van der Waals surface area contributed by atoms with Gasteiger partial charge < -0.3 is 9.47 Å². The standard InChI is InChI=1S/C22H24ClN3O6S/c23-17-4-2-15(3-5-17)21(27)24-25-22(28)16-8-10-26(11-9-16)33(29,30)18-6-7-19-20(14-18)32-13-1-12-31-19/h2-7,14,16H,1,8-13H2,(H,24,27)(H,25,28). The van der Waals surface area contributed by atoms with Gasteiger partial charge in [-0.2, -0.15) is 4.31 Å². The number of ether oxygens (including phenoxy) is 2. The number of hydrazine groups is 1. The number of nitrogens with one attached hydrogen (secondary N) is 2. The number of fused-ring (bicyclic) bond motifs is 1. The molecule has 0 aromatic heterocycles. The minimum Gasteiger partial charge on any atom is -0.490 e. The van der Waals surface area contributed by atoms with Crippen molar-refractivity contribution in [2.75, 3.05) is 26.3 Å². The molecule has 2 aliphatic heterocycles. The summed E-state index contributed by atoms with van der Waals surface area (Å²) in [5.74, 6) is -0.285. The molecule has 176 valence electrons. The molecule has 0 unspecified atom stereocenters. The number of carbonyl (C=O) groups excluding carboxylic acids is 2. The van der Waals surface area contributed by atoms with Crippen molar-refractivity contribution in [3.63, 3.8) is 0 Å². The summed E-state index contributed by atoms with van der Waals surface area (Å²) >= 11 is 5.81. The molecule has 33 heavy (non-hydrogen) atoms. The minimum atomic E-state index is -3.74. The number of hydrogen-bond acceptors (Lipinski definition) is 6. The highest BCUT2D eigenvalue weighted by molar-refractivity contribution is 7.89. The van der Waals surface area contributed by atoms with Gasteiger partial charge in [0.1, 0.15) is 0 Å². The SMILES string of the molecule is O=C(NNC(=O)C1CCN(S(=O)(=O)c2ccc3c(c2)OCCCO3)CC1)c1ccc(Cl)cc1. The number of carbonyl (C=O) groups is 2. The summed E-state index contributed by atoms with van der Waals surface area (Å²) in [5, 5.41) is 0.504. The smallest absolute Gasteiger partial charge is 0.269 e. The summed E-state index contributed by atoms with van der Waals surface area (Å²) in [6.07, 6.45) is 1.41. The molecular formula is C22H24ClN3O6S. The first-order valence-corrected chi connectivity index (χ1v) is 12.4. The average Bonchev–Trinajstić information content (AvgIpc) is 3.08. The van der Waals surface area contributed by atoms with Crippen LogP contribution in [0.4, 0.5) is 0 Å². The van der Waals surface area contributed by atoms with E-state index in [2.05, 4.69) is 10.9 Å². The number of amides is 2. The van der Waals surface area contributed by atoms with Crippen LogP contribution in [0.1, 0.15) is 29.6 Å². The highest BCUT2D eigenvalue weighted by Crippen LogP contribution is 2.33. The Bertz CT molecular complexity index is 1130. The Hall–Kier alpha value is -2.82. The first kappa shape index (κ1) is 23.3. The Morgan fingerprint density at radius 1 is 0.939 bits per heavy atom. The average molecular weight is 494 g/mol. The van der Waals surface area contributed by atoms with Gasteiger partial charge in [0.2, 0.25) is 15.9 Å². The first-order valence-electron chi connectivity index (χ1n) is 10.6. The molecule has 1 saturated heterocycles. The van der Waals surface area contributed by atoms with E-state index < -0.39 is 21.8 Å². The highest BCUT2D eigenvalue weighted by Gasteiger charge is 2.33. The molecule has 0 saturated carbocycles. The quantitative estimate of drug-likeness (QED) is 0.632. The summed E-state index contributed by atoms with van der Waals surface area (Å²) in [6.45, 7) is 1.38. The summed E-state index contributed by atoms with van der Waals surface area (Å²) in [5.41, 5.74) is 5.16. The Morgan fingerprint density at radius 3 is 2.30 bits per heavy atom. The zero-order valence-corrected chi connectivity index (χ0v) is 19.3. The molecule has 2 N–H and O–H groups in total. The molecule has 2 aliphatic rings. The van der Waals surface area contributed by atoms with Crippen molar-refractivity contribution in [2.24, 2.45) is 5.92 Å². The maximum atomic E-state index is 13.1. The predicted octanol–water partition coefficient (Wildman–Crippen LogP) is 2.36. The van der Waals surface area contributed by atoms with Crippen LogP contribution in [-0.4, -0.2) is 50.8 Å². The molecule has 0 aliphatic carbocycles. The van der Waals surface area contributed by atoms with E-state index in [1.54, 1.807) is 30.3 Å². The third-order valence-corrected chi connectivity index (χ3v) is 7.73. The van der Waals surface area contributed by atoms with Crippen LogP contribution in [0.25, 0.3) is 0 Å². The molecule has 0 atom stereocenters. The van der Waals surface area contributed by atoms with E-state index in [-0.39, 0.29) is 23.9 Å². The molecule has 1 fully saturated rings. The maximum absolute atomic E-state index is 13.1. The molecule has 9 nitrogen and oxygen atoms in total. The van der Waals surface area contributed by atoms with E-state index in [4.69, 9.17) is 21.1 Å². The van der Waals surface area contributed by atoms with Gasteiger partial charge in [0.15, 0.2) is 11.5 Å². The van der Waals surface area contributed by atoms with Crippen molar-refractivity contribution < 1.29 is 27.5 Å². The fraction of sp³-hybridized carbons (Fsp3) is 0.364. The van der Waals surface area contributed by atoms with Gasteiger partial charge >= 0.3 is 0 Å². The van der Waals surface area contributed by atoms with E-state index in [0.717, 1.165) is 6.42 Å². The van der Waals surface area contributed by atoms with E-state index in [9.17, 15) is 18.0 Å². The fourth-order valence-electron chi connectivity index (χ4n) is 3.71. The lowest BCUT2D eigenvalue weighted by atomic mass is 9.98. The van der Waals surface area contributed by atoms with E-state index in [1.165, 1.54) is 16.4 Å². The van der Waals surface area contributed by atoms with E-state index in [0.29, 0.717) is 48.1 Å². The summed E-state index contributed by atoms with van der Waals surface area (Å²) in [4.78, 5) is 24.7. The zero-order valence-electron chi connectivity index (χ0n) is 17.8. The summed E-state index contributed by atoms with van der Waals surface area (Å²) in [6, 6.07) is 10.9. The lowest BCUT2D eigenvalue weighted by Crippen LogP contribution is -2.48. The van der Waals surface area contributed by atoms with Gasteiger partial charge in [0.25, 0.3) is 5.91 Å². The van der Waals surface area contributed by atoms with E-state index in [1.807, 2.05) is 0 Å². The van der Waals surface area contributed by atoms with Gasteiger partial charge in [-0.25, -0.2) is 8.42 Å². The van der Waals surface area contributed by atoms with Crippen LogP contribution >= 0.6 is 11.6 Å². The normalized spacial score (nSPS) is 17.1. The van der Waals surface area contributed by atoms with Crippen molar-refractivity contribution in [1.29, 1.82) is 0 Å². The highest BCUT2D eigenvalue weighted by atomic mass is 35.5. The van der Waals surface area contributed by atoms with Gasteiger partial charge in [0, 0.05) is 42.1 Å². The van der Waals surface area contributed by atoms with Gasteiger partial charge in [-0.1, -0.05) is 11.6 Å².